The Bertz CT molecular complexity index is 517. The summed E-state index contributed by atoms with van der Waals surface area (Å²) in [6.45, 7) is 5.89. The second kappa shape index (κ2) is 8.04. The zero-order valence-electron chi connectivity index (χ0n) is 14.5. The highest BCUT2D eigenvalue weighted by Gasteiger charge is 2.18. The van der Waals surface area contributed by atoms with Crippen molar-refractivity contribution in [2.45, 2.75) is 76.4 Å². The van der Waals surface area contributed by atoms with Crippen LogP contribution in [0.2, 0.25) is 0 Å². The van der Waals surface area contributed by atoms with Gasteiger partial charge in [0.2, 0.25) is 11.1 Å². The molecule has 130 valence electrons. The van der Waals surface area contributed by atoms with E-state index in [0.717, 1.165) is 24.6 Å². The highest BCUT2D eigenvalue weighted by atomic mass is 32.2. The smallest absolute Gasteiger partial charge is 0.230 e. The molecule has 1 heterocycles. The molecule has 1 fully saturated rings. The molecule has 3 N–H and O–H groups in total. The van der Waals surface area contributed by atoms with Gasteiger partial charge in [-0.3, -0.25) is 4.79 Å². The summed E-state index contributed by atoms with van der Waals surface area (Å²) in [5, 5.41) is 11.8. The summed E-state index contributed by atoms with van der Waals surface area (Å²) < 4.78 is 1.54. The normalized spacial score (nSPS) is 16.5. The average Bonchev–Trinajstić information content (AvgIpc) is 2.83. The number of aryl methyl sites for hydroxylation is 1. The number of nitrogen functional groups attached to an aromatic ring is 1. The molecule has 1 amide bonds. The van der Waals surface area contributed by atoms with E-state index in [1.807, 2.05) is 20.8 Å². The molecule has 0 saturated heterocycles. The van der Waals surface area contributed by atoms with E-state index in [-0.39, 0.29) is 11.4 Å². The van der Waals surface area contributed by atoms with Crippen molar-refractivity contribution >= 4 is 17.7 Å². The van der Waals surface area contributed by atoms with Crippen molar-refractivity contribution in [1.82, 2.24) is 20.2 Å². The van der Waals surface area contributed by atoms with Gasteiger partial charge in [0.25, 0.3) is 0 Å². The molecule has 1 saturated carbocycles. The Morgan fingerprint density at radius 2 is 2.00 bits per heavy atom. The number of carbonyl (C=O) groups is 1. The van der Waals surface area contributed by atoms with Crippen molar-refractivity contribution in [3.63, 3.8) is 0 Å². The number of nitrogens with two attached hydrogens (primary N) is 1. The van der Waals surface area contributed by atoms with Crippen LogP contribution in [-0.2, 0) is 11.2 Å². The van der Waals surface area contributed by atoms with Crippen molar-refractivity contribution in [3.8, 4) is 0 Å². The van der Waals surface area contributed by atoms with E-state index in [1.54, 1.807) is 0 Å². The van der Waals surface area contributed by atoms with Gasteiger partial charge in [0.15, 0.2) is 5.82 Å². The highest BCUT2D eigenvalue weighted by molar-refractivity contribution is 7.99. The number of nitrogens with one attached hydrogen (secondary N) is 1. The standard InChI is InChI=1S/C16H29N5OS/c1-16(2,3)18-14(22)11-23-15-20-19-13(21(15)17)10-9-12-7-5-4-6-8-12/h12H,4-11,17H2,1-3H3,(H,18,22). The Kier molecular flexibility index (Phi) is 6.33. The summed E-state index contributed by atoms with van der Waals surface area (Å²) in [4.78, 5) is 11.9. The first-order valence-electron chi connectivity index (χ1n) is 8.48. The summed E-state index contributed by atoms with van der Waals surface area (Å²) in [6, 6.07) is 0. The number of hydrogen-bond donors (Lipinski definition) is 2. The second-order valence-electron chi connectivity index (χ2n) is 7.40. The lowest BCUT2D eigenvalue weighted by Gasteiger charge is -2.21. The third-order valence-corrected chi connectivity index (χ3v) is 5.03. The van der Waals surface area contributed by atoms with Gasteiger partial charge in [-0.15, -0.1) is 10.2 Å². The molecule has 6 nitrogen and oxygen atoms in total. The summed E-state index contributed by atoms with van der Waals surface area (Å²) in [7, 11) is 0. The molecule has 0 atom stereocenters. The highest BCUT2D eigenvalue weighted by Crippen LogP contribution is 2.27. The first kappa shape index (κ1) is 18.1. The molecule has 7 heteroatoms. The maximum Gasteiger partial charge on any atom is 0.230 e. The largest absolute Gasteiger partial charge is 0.351 e. The molecule has 0 unspecified atom stereocenters. The maximum atomic E-state index is 11.9. The fourth-order valence-electron chi connectivity index (χ4n) is 2.97. The quantitative estimate of drug-likeness (QED) is 0.614. The minimum atomic E-state index is -0.223. The third-order valence-electron chi connectivity index (χ3n) is 4.08. The van der Waals surface area contributed by atoms with Crippen LogP contribution in [0.4, 0.5) is 0 Å². The van der Waals surface area contributed by atoms with Gasteiger partial charge >= 0.3 is 0 Å². The first-order chi connectivity index (χ1) is 10.8. The lowest BCUT2D eigenvalue weighted by atomic mass is 9.86. The van der Waals surface area contributed by atoms with Crippen LogP contribution in [0, 0.1) is 5.92 Å². The van der Waals surface area contributed by atoms with Gasteiger partial charge in [-0.25, -0.2) is 4.68 Å². The molecule has 1 aromatic rings. The van der Waals surface area contributed by atoms with Gasteiger partial charge in [-0.05, 0) is 33.1 Å². The molecular formula is C16H29N5OS. The molecular weight excluding hydrogens is 310 g/mol. The molecule has 0 spiro atoms. The lowest BCUT2D eigenvalue weighted by molar-refractivity contribution is -0.119. The predicted octanol–water partition coefficient (Wildman–Crippen LogP) is 2.51. The van der Waals surface area contributed by atoms with Crippen molar-refractivity contribution < 1.29 is 4.79 Å². The van der Waals surface area contributed by atoms with Crippen molar-refractivity contribution in [2.75, 3.05) is 11.6 Å². The van der Waals surface area contributed by atoms with E-state index < -0.39 is 0 Å². The molecule has 2 rings (SSSR count). The molecule has 1 aliphatic carbocycles. The zero-order valence-corrected chi connectivity index (χ0v) is 15.3. The van der Waals surface area contributed by atoms with Crippen LogP contribution < -0.4 is 11.2 Å². The summed E-state index contributed by atoms with van der Waals surface area (Å²) >= 11 is 1.33. The van der Waals surface area contributed by atoms with E-state index in [9.17, 15) is 4.79 Å². The Morgan fingerprint density at radius 3 is 2.65 bits per heavy atom. The van der Waals surface area contributed by atoms with Crippen LogP contribution in [0.25, 0.3) is 0 Å². The summed E-state index contributed by atoms with van der Waals surface area (Å²) in [5.74, 6) is 7.97. The van der Waals surface area contributed by atoms with E-state index in [4.69, 9.17) is 5.84 Å². The molecule has 0 radical (unpaired) electrons. The maximum absolute atomic E-state index is 11.9. The lowest BCUT2D eigenvalue weighted by Crippen LogP contribution is -2.41. The van der Waals surface area contributed by atoms with E-state index in [0.29, 0.717) is 10.9 Å². The van der Waals surface area contributed by atoms with Crippen LogP contribution in [-0.4, -0.2) is 32.1 Å². The summed E-state index contributed by atoms with van der Waals surface area (Å²) in [5.41, 5.74) is -0.223. The Labute approximate surface area is 143 Å². The average molecular weight is 340 g/mol. The van der Waals surface area contributed by atoms with Gasteiger partial charge in [-0.2, -0.15) is 0 Å². The number of rotatable bonds is 6. The Balaban J connectivity index is 1.80. The van der Waals surface area contributed by atoms with Crippen LogP contribution in [0.15, 0.2) is 5.16 Å². The van der Waals surface area contributed by atoms with Crippen LogP contribution >= 0.6 is 11.8 Å². The molecule has 0 aliphatic heterocycles. The molecule has 1 aliphatic rings. The third kappa shape index (κ3) is 6.05. The minimum Gasteiger partial charge on any atom is -0.351 e. The SMILES string of the molecule is CC(C)(C)NC(=O)CSc1nnc(CCC2CCCCC2)n1N. The van der Waals surface area contributed by atoms with Crippen molar-refractivity contribution in [2.24, 2.45) is 5.92 Å². The Morgan fingerprint density at radius 1 is 1.30 bits per heavy atom. The van der Waals surface area contributed by atoms with Gasteiger partial charge in [0, 0.05) is 12.0 Å². The van der Waals surface area contributed by atoms with Crippen molar-refractivity contribution in [3.05, 3.63) is 5.82 Å². The number of carbonyl (C=O) groups excluding carboxylic acids is 1. The number of aromatic nitrogens is 3. The summed E-state index contributed by atoms with van der Waals surface area (Å²) in [6.07, 6.45) is 8.73. The number of nitrogens with zero attached hydrogens (tertiary/aromatic N) is 3. The molecule has 1 aromatic heterocycles. The number of amides is 1. The predicted molar refractivity (Wildman–Crippen MR) is 93.7 cm³/mol. The van der Waals surface area contributed by atoms with Gasteiger partial charge in [0.05, 0.1) is 5.75 Å². The van der Waals surface area contributed by atoms with Crippen molar-refractivity contribution in [1.29, 1.82) is 0 Å². The van der Waals surface area contributed by atoms with E-state index >= 15 is 0 Å². The van der Waals surface area contributed by atoms with Gasteiger partial charge in [-0.1, -0.05) is 43.9 Å². The van der Waals surface area contributed by atoms with E-state index in [2.05, 4.69) is 15.5 Å². The minimum absolute atomic E-state index is 0.0192. The van der Waals surface area contributed by atoms with Crippen LogP contribution in [0.3, 0.4) is 0 Å². The first-order valence-corrected chi connectivity index (χ1v) is 9.47. The Hall–Kier alpha value is -1.24. The second-order valence-corrected chi connectivity index (χ2v) is 8.34. The van der Waals surface area contributed by atoms with Crippen LogP contribution in [0.5, 0.6) is 0 Å². The number of thioether (sulfide) groups is 1. The fourth-order valence-corrected chi connectivity index (χ4v) is 3.64. The molecule has 23 heavy (non-hydrogen) atoms. The molecule has 0 bridgehead atoms. The topological polar surface area (TPSA) is 85.8 Å². The molecule has 0 aromatic carbocycles. The van der Waals surface area contributed by atoms with Crippen LogP contribution in [0.1, 0.15) is 65.1 Å². The van der Waals surface area contributed by atoms with Gasteiger partial charge < -0.3 is 11.2 Å². The monoisotopic (exact) mass is 339 g/mol. The fraction of sp³-hybridized carbons (Fsp3) is 0.812. The van der Waals surface area contributed by atoms with E-state index in [1.165, 1.54) is 48.5 Å². The number of hydrogen-bond acceptors (Lipinski definition) is 5. The van der Waals surface area contributed by atoms with Gasteiger partial charge in [0.1, 0.15) is 0 Å². The zero-order chi connectivity index (χ0) is 16.9.